The van der Waals surface area contributed by atoms with Crippen molar-refractivity contribution >= 4 is 17.4 Å². The SMILES string of the molecule is N=[N+]=NC(=O)N(c1ccccc1)c1ccccc1. The summed E-state index contributed by atoms with van der Waals surface area (Å²) in [7, 11) is 0. The predicted octanol–water partition coefficient (Wildman–Crippen LogP) is 3.50. The fraction of sp³-hybridized carbons (Fsp3) is 0. The molecule has 0 aliphatic heterocycles. The number of hydrogen-bond acceptors (Lipinski definition) is 2. The second kappa shape index (κ2) is 5.52. The lowest BCUT2D eigenvalue weighted by Crippen LogP contribution is -2.22. The summed E-state index contributed by atoms with van der Waals surface area (Å²) in [4.78, 5) is 16.1. The van der Waals surface area contributed by atoms with Gasteiger partial charge in [-0.05, 0) is 24.3 Å². The van der Waals surface area contributed by atoms with E-state index in [9.17, 15) is 4.79 Å². The molecule has 18 heavy (non-hydrogen) atoms. The Hall–Kier alpha value is -2.78. The molecule has 0 bridgehead atoms. The van der Waals surface area contributed by atoms with Crippen LogP contribution in [-0.4, -0.2) is 6.03 Å². The molecule has 2 aromatic rings. The molecule has 0 unspecified atom stereocenters. The smallest absolute Gasteiger partial charge is 0.255 e. The first-order valence-electron chi connectivity index (χ1n) is 5.34. The number of nitrogens with one attached hydrogen (secondary N) is 1. The molecular weight excluding hydrogens is 228 g/mol. The van der Waals surface area contributed by atoms with Crippen LogP contribution in [0.3, 0.4) is 0 Å². The molecule has 0 heterocycles. The molecular formula is C13H11N4O+. The van der Waals surface area contributed by atoms with E-state index in [4.69, 9.17) is 5.53 Å². The van der Waals surface area contributed by atoms with Gasteiger partial charge in [0, 0.05) is 0 Å². The number of amides is 2. The van der Waals surface area contributed by atoms with Gasteiger partial charge in [-0.15, -0.1) is 0 Å². The molecule has 5 nitrogen and oxygen atoms in total. The van der Waals surface area contributed by atoms with Crippen molar-refractivity contribution in [3.63, 3.8) is 0 Å². The highest BCUT2D eigenvalue weighted by Gasteiger charge is 2.20. The summed E-state index contributed by atoms with van der Waals surface area (Å²) in [5.41, 5.74) is 8.03. The van der Waals surface area contributed by atoms with Crippen molar-refractivity contribution in [2.75, 3.05) is 4.90 Å². The Balaban J connectivity index is 2.48. The zero-order valence-corrected chi connectivity index (χ0v) is 9.52. The van der Waals surface area contributed by atoms with E-state index in [1.807, 2.05) is 36.4 Å². The minimum atomic E-state index is -0.595. The monoisotopic (exact) mass is 239 g/mol. The van der Waals surface area contributed by atoms with E-state index < -0.39 is 6.03 Å². The van der Waals surface area contributed by atoms with Gasteiger partial charge in [-0.2, -0.15) is 0 Å². The van der Waals surface area contributed by atoms with Crippen molar-refractivity contribution in [1.82, 2.24) is 4.91 Å². The van der Waals surface area contributed by atoms with Crippen LogP contribution in [0.5, 0.6) is 0 Å². The molecule has 0 spiro atoms. The van der Waals surface area contributed by atoms with Crippen LogP contribution in [0.25, 0.3) is 0 Å². The molecule has 2 rings (SSSR count). The topological polar surface area (TPSA) is 70.6 Å². The second-order valence-electron chi connectivity index (χ2n) is 3.49. The third-order valence-electron chi connectivity index (χ3n) is 2.36. The molecule has 0 aliphatic carbocycles. The highest BCUT2D eigenvalue weighted by atomic mass is 16.2. The van der Waals surface area contributed by atoms with E-state index in [0.29, 0.717) is 11.4 Å². The Bertz CT molecular complexity index is 537. The first-order chi connectivity index (χ1) is 8.83. The maximum atomic E-state index is 11.9. The number of nitrogens with zero attached hydrogens (tertiary/aromatic N) is 3. The summed E-state index contributed by atoms with van der Waals surface area (Å²) in [5.74, 6) is 0. The second-order valence-corrected chi connectivity index (χ2v) is 3.49. The van der Waals surface area contributed by atoms with E-state index in [1.165, 1.54) is 4.90 Å². The minimum Gasteiger partial charge on any atom is -0.255 e. The maximum Gasteiger partial charge on any atom is 0.434 e. The molecule has 0 atom stereocenters. The third-order valence-corrected chi connectivity index (χ3v) is 2.36. The summed E-state index contributed by atoms with van der Waals surface area (Å²) < 4.78 is 0. The molecule has 0 saturated carbocycles. The lowest BCUT2D eigenvalue weighted by atomic mass is 10.2. The zero-order chi connectivity index (χ0) is 12.8. The third kappa shape index (κ3) is 2.48. The quantitative estimate of drug-likeness (QED) is 0.632. The van der Waals surface area contributed by atoms with Crippen LogP contribution in [0.1, 0.15) is 0 Å². The maximum absolute atomic E-state index is 11.9. The highest BCUT2D eigenvalue weighted by molar-refractivity contribution is 5.99. The molecule has 0 aromatic heterocycles. The average Bonchev–Trinajstić information content (AvgIpc) is 2.42. The highest BCUT2D eigenvalue weighted by Crippen LogP contribution is 2.25. The van der Waals surface area contributed by atoms with Gasteiger partial charge in [-0.1, -0.05) is 36.4 Å². The Labute approximate surface area is 104 Å². The fourth-order valence-electron chi connectivity index (χ4n) is 1.61. The first kappa shape index (κ1) is 11.7. The van der Waals surface area contributed by atoms with Crippen LogP contribution in [0, 0.1) is 5.53 Å². The Kier molecular flexibility index (Phi) is 3.59. The van der Waals surface area contributed by atoms with Crippen molar-refractivity contribution in [2.45, 2.75) is 0 Å². The van der Waals surface area contributed by atoms with Gasteiger partial charge in [0.25, 0.3) is 0 Å². The fourth-order valence-corrected chi connectivity index (χ4v) is 1.61. The lowest BCUT2D eigenvalue weighted by Gasteiger charge is -2.17. The molecule has 88 valence electrons. The van der Waals surface area contributed by atoms with Crippen molar-refractivity contribution in [1.29, 1.82) is 5.53 Å². The molecule has 0 fully saturated rings. The number of benzene rings is 2. The standard InChI is InChI=1S/C13H11N4O/c14-16-15-13(18)17(11-7-3-1-4-8-11)12-9-5-2-6-10-12/h1-10,14H/q+1. The van der Waals surface area contributed by atoms with Gasteiger partial charge in [-0.25, -0.2) is 4.79 Å². The molecule has 0 aliphatic rings. The summed E-state index contributed by atoms with van der Waals surface area (Å²) in [6.45, 7) is 0. The molecule has 0 saturated heterocycles. The van der Waals surface area contributed by atoms with Gasteiger partial charge in [0.05, 0.1) is 11.4 Å². The largest absolute Gasteiger partial charge is 0.434 e. The van der Waals surface area contributed by atoms with Gasteiger partial charge in [0.1, 0.15) is 5.53 Å². The van der Waals surface area contributed by atoms with E-state index >= 15 is 0 Å². The van der Waals surface area contributed by atoms with Crippen molar-refractivity contribution < 1.29 is 4.79 Å². The first-order valence-corrected chi connectivity index (χ1v) is 5.34. The van der Waals surface area contributed by atoms with Crippen LogP contribution in [0.4, 0.5) is 16.2 Å². The Morgan fingerprint density at radius 2 is 1.39 bits per heavy atom. The van der Waals surface area contributed by atoms with E-state index in [2.05, 4.69) is 10.0 Å². The van der Waals surface area contributed by atoms with E-state index in [-0.39, 0.29) is 0 Å². The van der Waals surface area contributed by atoms with E-state index in [0.717, 1.165) is 0 Å². The number of carbonyl (C=O) groups excluding carboxylic acids is 1. The van der Waals surface area contributed by atoms with Gasteiger partial charge in [0.2, 0.25) is 10.0 Å². The van der Waals surface area contributed by atoms with Gasteiger partial charge in [-0.3, -0.25) is 4.90 Å². The predicted molar refractivity (Wildman–Crippen MR) is 67.7 cm³/mol. The number of anilines is 2. The lowest BCUT2D eigenvalue weighted by molar-refractivity contribution is 0.254. The summed E-state index contributed by atoms with van der Waals surface area (Å²) in [6, 6.07) is 17.6. The van der Waals surface area contributed by atoms with Crippen LogP contribution in [0.15, 0.2) is 65.8 Å². The Morgan fingerprint density at radius 3 is 1.78 bits per heavy atom. The van der Waals surface area contributed by atoms with Crippen LogP contribution in [0.2, 0.25) is 0 Å². The molecule has 1 N–H and O–H groups in total. The normalized spacial score (nSPS) is 9.33. The molecule has 0 radical (unpaired) electrons. The van der Waals surface area contributed by atoms with Gasteiger partial charge >= 0.3 is 6.03 Å². The summed E-state index contributed by atoms with van der Waals surface area (Å²) in [5, 5.41) is 3.26. The minimum absolute atomic E-state index is 0.595. The number of urea groups is 1. The summed E-state index contributed by atoms with van der Waals surface area (Å²) in [6.07, 6.45) is 0. The number of para-hydroxylation sites is 2. The molecule has 2 aromatic carbocycles. The van der Waals surface area contributed by atoms with Crippen molar-refractivity contribution in [3.05, 3.63) is 60.7 Å². The number of carbonyl (C=O) groups is 1. The van der Waals surface area contributed by atoms with Crippen LogP contribution in [-0.2, 0) is 0 Å². The van der Waals surface area contributed by atoms with Crippen LogP contribution < -0.4 is 9.81 Å². The van der Waals surface area contributed by atoms with Crippen molar-refractivity contribution in [3.8, 4) is 0 Å². The van der Waals surface area contributed by atoms with Gasteiger partial charge < -0.3 is 0 Å². The zero-order valence-electron chi connectivity index (χ0n) is 9.52. The molecule has 5 heteroatoms. The van der Waals surface area contributed by atoms with Crippen LogP contribution >= 0.6 is 0 Å². The molecule has 2 amide bonds. The average molecular weight is 239 g/mol. The Morgan fingerprint density at radius 1 is 0.944 bits per heavy atom. The van der Waals surface area contributed by atoms with E-state index in [1.54, 1.807) is 24.3 Å². The van der Waals surface area contributed by atoms with Crippen molar-refractivity contribution in [2.24, 2.45) is 5.11 Å². The summed E-state index contributed by atoms with van der Waals surface area (Å²) >= 11 is 0. The van der Waals surface area contributed by atoms with Gasteiger partial charge in [0.15, 0.2) is 0 Å². The number of rotatable bonds is 2. The number of hydrogen-bond donors (Lipinski definition) is 1.